The van der Waals surface area contributed by atoms with Gasteiger partial charge >= 0.3 is 0 Å². The molecule has 5 aromatic rings. The van der Waals surface area contributed by atoms with E-state index in [1.54, 1.807) is 36.5 Å². The van der Waals surface area contributed by atoms with Crippen molar-refractivity contribution in [3.8, 4) is 16.9 Å². The Hall–Kier alpha value is -7.05. The lowest BCUT2D eigenvalue weighted by atomic mass is 9.87. The number of hydrogen-bond donors (Lipinski definition) is 4. The fourth-order valence-electron chi connectivity index (χ4n) is 11.6. The van der Waals surface area contributed by atoms with Crippen LogP contribution in [0.5, 0.6) is 5.75 Å². The van der Waals surface area contributed by atoms with Crippen LogP contribution in [0, 0.1) is 11.7 Å². The molecular formula is C58H63ClFN9O7. The number of amides is 6. The van der Waals surface area contributed by atoms with Gasteiger partial charge in [-0.3, -0.25) is 53.8 Å². The number of nitrogens with zero attached hydrogens (tertiary/aromatic N) is 5. The zero-order valence-corrected chi connectivity index (χ0v) is 43.1. The summed E-state index contributed by atoms with van der Waals surface area (Å²) in [5, 5.41) is 9.64. The topological polar surface area (TPSA) is 200 Å². The van der Waals surface area contributed by atoms with E-state index >= 15 is 4.39 Å². The van der Waals surface area contributed by atoms with Crippen LogP contribution < -0.4 is 31.3 Å². The molecule has 1 aromatic heterocycles. The van der Waals surface area contributed by atoms with Crippen LogP contribution in [0.1, 0.15) is 105 Å². The van der Waals surface area contributed by atoms with Gasteiger partial charge < -0.3 is 26.0 Å². The van der Waals surface area contributed by atoms with Crippen LogP contribution in [0.3, 0.4) is 0 Å². The first-order chi connectivity index (χ1) is 36.9. The second-order valence-corrected chi connectivity index (χ2v) is 21.1. The number of benzene rings is 4. The summed E-state index contributed by atoms with van der Waals surface area (Å²) >= 11 is 6.81. The third-order valence-electron chi connectivity index (χ3n) is 15.8. The highest BCUT2D eigenvalue weighted by molar-refractivity contribution is 6.33. The Kier molecular flexibility index (Phi) is 16.2. The van der Waals surface area contributed by atoms with Gasteiger partial charge in [-0.05, 0) is 130 Å². The number of halogens is 2. The van der Waals surface area contributed by atoms with Crippen molar-refractivity contribution >= 4 is 52.7 Å². The van der Waals surface area contributed by atoms with E-state index in [4.69, 9.17) is 22.1 Å². The number of primary amides is 1. The number of rotatable bonds is 17. The molecule has 4 fully saturated rings. The third kappa shape index (κ3) is 11.8. The summed E-state index contributed by atoms with van der Waals surface area (Å²) in [6.07, 6.45) is 7.41. The number of carbonyl (C=O) groups is 6. The maximum absolute atomic E-state index is 16.5. The minimum absolute atomic E-state index is 0.00845. The quantitative estimate of drug-likeness (QED) is 0.0759. The molecule has 1 saturated carbocycles. The normalized spacial score (nSPS) is 21.1. The van der Waals surface area contributed by atoms with Crippen molar-refractivity contribution in [2.24, 2.45) is 11.7 Å². The highest BCUT2D eigenvalue weighted by Crippen LogP contribution is 2.40. The molecule has 2 atom stereocenters. The lowest BCUT2D eigenvalue weighted by Gasteiger charge is -2.39. The van der Waals surface area contributed by atoms with Gasteiger partial charge in [-0.2, -0.15) is 0 Å². The Morgan fingerprint density at radius 1 is 0.763 bits per heavy atom. The van der Waals surface area contributed by atoms with Gasteiger partial charge in [0.05, 0.1) is 28.9 Å². The van der Waals surface area contributed by atoms with Crippen LogP contribution in [0.4, 0.5) is 10.1 Å². The Bertz CT molecular complexity index is 2980. The number of aromatic nitrogens is 1. The lowest BCUT2D eigenvalue weighted by Crippen LogP contribution is -2.54. The standard InChI is InChI=1S/C58H63ClFN9O7/c59-48-17-9-38(30-46(48)53-44(55(61)72)16-19-50(54(53)60)76-35-41-8-4-5-23-62-41)47(37-6-2-1-3-7-37)32-63-39-10-12-40(13-11-39)64-52(71)34-66-24-21-36(22-25-66)33-67-26-28-68(29-27-67)42-14-15-43-45(31-42)58(75)69(57(43)74)49-18-20-51(70)65-56(49)73/h1-9,14-17,19,23,30-31,36,39-40,47,49,63H,10-13,18,20-22,24-29,32-35H2,(H2,61,72)(H,64,71)(H,65,70,73). The second-order valence-electron chi connectivity index (χ2n) is 20.7. The minimum atomic E-state index is -0.990. The average molecular weight is 1050 g/mol. The van der Waals surface area contributed by atoms with E-state index in [1.807, 2.05) is 42.5 Å². The van der Waals surface area contributed by atoms with Gasteiger partial charge in [-0.25, -0.2) is 4.39 Å². The van der Waals surface area contributed by atoms with Crippen molar-refractivity contribution in [1.29, 1.82) is 0 Å². The van der Waals surface area contributed by atoms with Gasteiger partial charge in [0.2, 0.25) is 23.6 Å². The van der Waals surface area contributed by atoms with E-state index in [0.717, 1.165) is 106 Å². The number of hydrogen-bond acceptors (Lipinski definition) is 12. The number of nitrogens with one attached hydrogen (secondary N) is 3. The van der Waals surface area contributed by atoms with Crippen molar-refractivity contribution < 1.29 is 37.9 Å². The Balaban J connectivity index is 0.670. The zero-order chi connectivity index (χ0) is 52.9. The molecule has 0 bridgehead atoms. The van der Waals surface area contributed by atoms with Crippen molar-refractivity contribution in [3.05, 3.63) is 148 Å². The summed E-state index contributed by atoms with van der Waals surface area (Å²) in [4.78, 5) is 89.1. The molecular weight excluding hydrogens is 989 g/mol. The predicted octanol–water partition coefficient (Wildman–Crippen LogP) is 6.30. The number of pyridine rings is 1. The number of piperidine rings is 2. The largest absolute Gasteiger partial charge is 0.484 e. The van der Waals surface area contributed by atoms with Crippen molar-refractivity contribution in [3.63, 3.8) is 0 Å². The predicted molar refractivity (Wildman–Crippen MR) is 285 cm³/mol. The highest BCUT2D eigenvalue weighted by atomic mass is 35.5. The van der Waals surface area contributed by atoms with Crippen molar-refractivity contribution in [2.45, 2.75) is 82.0 Å². The van der Waals surface area contributed by atoms with Gasteiger partial charge in [-0.1, -0.05) is 54.1 Å². The molecule has 396 valence electrons. The molecule has 10 rings (SSSR count). The molecule has 0 spiro atoms. The number of imide groups is 2. The number of fused-ring (bicyclic) bond motifs is 1. The molecule has 3 saturated heterocycles. The fourth-order valence-corrected chi connectivity index (χ4v) is 11.8. The van der Waals surface area contributed by atoms with Gasteiger partial charge in [-0.15, -0.1) is 0 Å². The number of anilines is 1. The highest BCUT2D eigenvalue weighted by Gasteiger charge is 2.45. The molecule has 2 unspecified atom stereocenters. The van der Waals surface area contributed by atoms with Crippen LogP contribution in [0.25, 0.3) is 11.1 Å². The average Bonchev–Trinajstić information content (AvgIpc) is 3.69. The SMILES string of the molecule is NC(=O)c1ccc(OCc2ccccn2)c(F)c1-c1cc(C(CNC2CCC(NC(=O)CN3CCC(CN4CCN(c5ccc6c(c5)C(=O)N(C5CCC(=O)NC5=O)C6=O)CC4)CC3)CC2)c2ccccc2)ccc1Cl. The smallest absolute Gasteiger partial charge is 0.262 e. The summed E-state index contributed by atoms with van der Waals surface area (Å²) in [5.74, 6) is -3.13. The summed E-state index contributed by atoms with van der Waals surface area (Å²) in [6.45, 7) is 7.04. The number of carbonyl (C=O) groups excluding carboxylic acids is 6. The minimum Gasteiger partial charge on any atom is -0.484 e. The first-order valence-corrected chi connectivity index (χ1v) is 26.8. The van der Waals surface area contributed by atoms with Gasteiger partial charge in [0, 0.05) is 91.7 Å². The zero-order valence-electron chi connectivity index (χ0n) is 42.4. The van der Waals surface area contributed by atoms with Crippen LogP contribution >= 0.6 is 11.6 Å². The van der Waals surface area contributed by atoms with Gasteiger partial charge in [0.15, 0.2) is 11.6 Å². The molecule has 18 heteroatoms. The molecule has 16 nitrogen and oxygen atoms in total. The molecule has 4 aliphatic heterocycles. The van der Waals surface area contributed by atoms with Crippen molar-refractivity contribution in [1.82, 2.24) is 35.6 Å². The molecule has 6 amide bonds. The number of likely N-dealkylation sites (tertiary alicyclic amines) is 1. The van der Waals surface area contributed by atoms with Crippen LogP contribution in [-0.2, 0) is 21.0 Å². The summed E-state index contributed by atoms with van der Waals surface area (Å²) in [7, 11) is 0. The summed E-state index contributed by atoms with van der Waals surface area (Å²) in [6, 6.07) is 28.5. The van der Waals surface area contributed by atoms with E-state index < -0.39 is 41.4 Å². The maximum Gasteiger partial charge on any atom is 0.262 e. The van der Waals surface area contributed by atoms with E-state index in [1.165, 1.54) is 12.1 Å². The molecule has 5 N–H and O–H groups in total. The maximum atomic E-state index is 16.5. The second kappa shape index (κ2) is 23.5. The van der Waals surface area contributed by atoms with Crippen LogP contribution in [-0.4, -0.2) is 132 Å². The lowest BCUT2D eigenvalue weighted by molar-refractivity contribution is -0.136. The monoisotopic (exact) mass is 1050 g/mol. The van der Waals surface area contributed by atoms with E-state index in [2.05, 4.69) is 47.8 Å². The van der Waals surface area contributed by atoms with Gasteiger partial charge in [0.1, 0.15) is 12.6 Å². The first kappa shape index (κ1) is 52.4. The molecule has 0 radical (unpaired) electrons. The number of nitrogens with two attached hydrogens (primary N) is 1. The molecule has 5 aliphatic rings. The van der Waals surface area contributed by atoms with E-state index in [0.29, 0.717) is 35.8 Å². The number of ether oxygens (including phenoxy) is 1. The van der Waals surface area contributed by atoms with Crippen molar-refractivity contribution in [2.75, 3.05) is 63.8 Å². The van der Waals surface area contributed by atoms with E-state index in [-0.39, 0.29) is 70.8 Å². The fraction of sp³-hybridized carbons (Fsp3) is 0.397. The van der Waals surface area contributed by atoms with Gasteiger partial charge in [0.25, 0.3) is 11.8 Å². The summed E-state index contributed by atoms with van der Waals surface area (Å²) < 4.78 is 22.3. The van der Waals surface area contributed by atoms with Crippen LogP contribution in [0.15, 0.2) is 103 Å². The Morgan fingerprint density at radius 3 is 2.22 bits per heavy atom. The molecule has 76 heavy (non-hydrogen) atoms. The molecule has 5 heterocycles. The molecule has 4 aromatic carbocycles. The van der Waals surface area contributed by atoms with Crippen LogP contribution in [0.2, 0.25) is 5.02 Å². The molecule has 1 aliphatic carbocycles. The number of piperazine rings is 1. The Labute approximate surface area is 446 Å². The summed E-state index contributed by atoms with van der Waals surface area (Å²) in [5.41, 5.74) is 10.1. The van der Waals surface area contributed by atoms with E-state index in [9.17, 15) is 28.8 Å². The Morgan fingerprint density at radius 2 is 1.50 bits per heavy atom. The first-order valence-electron chi connectivity index (χ1n) is 26.4. The third-order valence-corrected chi connectivity index (χ3v) is 16.1.